The first-order valence-electron chi connectivity index (χ1n) is 5.95. The Bertz CT molecular complexity index is 210. The van der Waals surface area contributed by atoms with Crippen LogP contribution >= 0.6 is 11.8 Å². The van der Waals surface area contributed by atoms with Crippen LogP contribution in [0.3, 0.4) is 0 Å². The molecule has 0 aliphatic heterocycles. The molecule has 94 valence electrons. The van der Waals surface area contributed by atoms with Crippen molar-refractivity contribution in [3.05, 3.63) is 0 Å². The van der Waals surface area contributed by atoms with Crippen molar-refractivity contribution in [1.82, 2.24) is 5.32 Å². The second kappa shape index (κ2) is 7.92. The molecule has 0 aromatic rings. The van der Waals surface area contributed by atoms with Gasteiger partial charge in [-0.3, -0.25) is 4.79 Å². The molecule has 1 saturated carbocycles. The smallest absolute Gasteiger partial charge is 0.221 e. The van der Waals surface area contributed by atoms with Gasteiger partial charge in [-0.05, 0) is 30.9 Å². The van der Waals surface area contributed by atoms with Gasteiger partial charge in [0, 0.05) is 31.4 Å². The maximum atomic E-state index is 11.4. The number of carbonyl (C=O) groups is 1. The maximum absolute atomic E-state index is 11.4. The Morgan fingerprint density at radius 3 is 2.88 bits per heavy atom. The van der Waals surface area contributed by atoms with Crippen LogP contribution in [0, 0.1) is 5.92 Å². The van der Waals surface area contributed by atoms with Crippen molar-refractivity contribution in [2.24, 2.45) is 11.7 Å². The third-order valence-electron chi connectivity index (χ3n) is 2.66. The van der Waals surface area contributed by atoms with E-state index in [1.807, 2.05) is 0 Å². The monoisotopic (exact) mass is 246 g/mol. The first-order valence-corrected chi connectivity index (χ1v) is 7.10. The van der Waals surface area contributed by atoms with Gasteiger partial charge in [-0.25, -0.2) is 0 Å². The molecule has 0 saturated heterocycles. The molecule has 1 rings (SSSR count). The molecule has 0 radical (unpaired) electrons. The number of thioether (sulfide) groups is 1. The van der Waals surface area contributed by atoms with E-state index in [0.717, 1.165) is 17.9 Å². The predicted octanol–water partition coefficient (Wildman–Crippen LogP) is 0.346. The summed E-state index contributed by atoms with van der Waals surface area (Å²) in [6, 6.07) is 0.0574. The summed E-state index contributed by atoms with van der Waals surface area (Å²) in [5, 5.41) is 11.4. The second-order valence-electron chi connectivity index (χ2n) is 4.24. The SMILES string of the molecule is NC(CC(=O)NCCSCCCO)C1CC1. The van der Waals surface area contributed by atoms with Crippen LogP contribution in [0.4, 0.5) is 0 Å². The number of hydrogen-bond donors (Lipinski definition) is 3. The van der Waals surface area contributed by atoms with Gasteiger partial charge < -0.3 is 16.2 Å². The van der Waals surface area contributed by atoms with Crippen LogP contribution in [-0.4, -0.2) is 41.7 Å². The van der Waals surface area contributed by atoms with Crippen LogP contribution in [0.25, 0.3) is 0 Å². The zero-order valence-electron chi connectivity index (χ0n) is 9.65. The van der Waals surface area contributed by atoms with Crippen molar-refractivity contribution in [2.45, 2.75) is 31.7 Å². The van der Waals surface area contributed by atoms with Gasteiger partial charge in [-0.2, -0.15) is 11.8 Å². The minimum absolute atomic E-state index is 0.0574. The molecule has 1 atom stereocenters. The Hall–Kier alpha value is -0.260. The van der Waals surface area contributed by atoms with Crippen molar-refractivity contribution in [2.75, 3.05) is 24.7 Å². The van der Waals surface area contributed by atoms with E-state index in [1.54, 1.807) is 11.8 Å². The summed E-state index contributed by atoms with van der Waals surface area (Å²) in [7, 11) is 0. The summed E-state index contributed by atoms with van der Waals surface area (Å²) in [4.78, 5) is 11.4. The molecule has 16 heavy (non-hydrogen) atoms. The van der Waals surface area contributed by atoms with Crippen LogP contribution in [-0.2, 0) is 4.79 Å². The van der Waals surface area contributed by atoms with Crippen molar-refractivity contribution >= 4 is 17.7 Å². The Balaban J connectivity index is 1.89. The minimum Gasteiger partial charge on any atom is -0.396 e. The molecule has 0 aromatic heterocycles. The molecule has 1 amide bonds. The standard InChI is InChI=1S/C11H22N2O2S/c12-10(9-2-3-9)8-11(15)13-4-7-16-6-1-5-14/h9-10,14H,1-8,12H2,(H,13,15). The molecule has 1 unspecified atom stereocenters. The van der Waals surface area contributed by atoms with Gasteiger partial charge in [0.2, 0.25) is 5.91 Å². The number of rotatable bonds is 9. The maximum Gasteiger partial charge on any atom is 0.221 e. The fourth-order valence-electron chi connectivity index (χ4n) is 1.51. The third-order valence-corrected chi connectivity index (χ3v) is 3.73. The van der Waals surface area contributed by atoms with Gasteiger partial charge >= 0.3 is 0 Å². The van der Waals surface area contributed by atoms with E-state index in [9.17, 15) is 4.79 Å². The number of nitrogens with two attached hydrogens (primary N) is 1. The molecule has 0 spiro atoms. The Kier molecular flexibility index (Phi) is 6.84. The van der Waals surface area contributed by atoms with Crippen LogP contribution in [0.1, 0.15) is 25.7 Å². The Labute approximate surface area is 101 Å². The van der Waals surface area contributed by atoms with Gasteiger partial charge in [0.15, 0.2) is 0 Å². The number of aliphatic hydroxyl groups is 1. The third kappa shape index (κ3) is 6.35. The lowest BCUT2D eigenvalue weighted by molar-refractivity contribution is -0.121. The van der Waals surface area contributed by atoms with Crippen molar-refractivity contribution < 1.29 is 9.90 Å². The number of nitrogens with one attached hydrogen (secondary N) is 1. The highest BCUT2D eigenvalue weighted by Crippen LogP contribution is 2.32. The lowest BCUT2D eigenvalue weighted by atomic mass is 10.1. The van der Waals surface area contributed by atoms with E-state index in [4.69, 9.17) is 10.8 Å². The zero-order chi connectivity index (χ0) is 11.8. The second-order valence-corrected chi connectivity index (χ2v) is 5.47. The Morgan fingerprint density at radius 1 is 1.50 bits per heavy atom. The number of hydrogen-bond acceptors (Lipinski definition) is 4. The van der Waals surface area contributed by atoms with Gasteiger partial charge in [0.1, 0.15) is 0 Å². The van der Waals surface area contributed by atoms with Crippen molar-refractivity contribution in [3.63, 3.8) is 0 Å². The lowest BCUT2D eigenvalue weighted by Gasteiger charge is -2.10. The first-order chi connectivity index (χ1) is 7.74. The quantitative estimate of drug-likeness (QED) is 0.513. The largest absolute Gasteiger partial charge is 0.396 e. The Morgan fingerprint density at radius 2 is 2.25 bits per heavy atom. The van der Waals surface area contributed by atoms with Crippen molar-refractivity contribution in [1.29, 1.82) is 0 Å². The van der Waals surface area contributed by atoms with Gasteiger partial charge in [-0.1, -0.05) is 0 Å². The fourth-order valence-corrected chi connectivity index (χ4v) is 2.29. The van der Waals surface area contributed by atoms with Crippen LogP contribution in [0.5, 0.6) is 0 Å². The number of carbonyl (C=O) groups excluding carboxylic acids is 1. The van der Waals surface area contributed by atoms with Gasteiger partial charge in [0.25, 0.3) is 0 Å². The van der Waals surface area contributed by atoms with E-state index < -0.39 is 0 Å². The van der Waals surface area contributed by atoms with E-state index >= 15 is 0 Å². The molecular weight excluding hydrogens is 224 g/mol. The lowest BCUT2D eigenvalue weighted by Crippen LogP contribution is -2.33. The molecule has 1 aliphatic rings. The van der Waals surface area contributed by atoms with Crippen LogP contribution < -0.4 is 11.1 Å². The molecule has 1 aliphatic carbocycles. The summed E-state index contributed by atoms with van der Waals surface area (Å²) < 4.78 is 0. The number of aliphatic hydroxyl groups excluding tert-OH is 1. The van der Waals surface area contributed by atoms with E-state index in [0.29, 0.717) is 18.9 Å². The highest BCUT2D eigenvalue weighted by Gasteiger charge is 2.29. The van der Waals surface area contributed by atoms with E-state index in [1.165, 1.54) is 12.8 Å². The summed E-state index contributed by atoms with van der Waals surface area (Å²) in [5.41, 5.74) is 5.86. The summed E-state index contributed by atoms with van der Waals surface area (Å²) in [6.45, 7) is 0.946. The van der Waals surface area contributed by atoms with Crippen LogP contribution in [0.2, 0.25) is 0 Å². The first kappa shape index (κ1) is 13.8. The van der Waals surface area contributed by atoms with Crippen molar-refractivity contribution in [3.8, 4) is 0 Å². The fraction of sp³-hybridized carbons (Fsp3) is 0.909. The van der Waals surface area contributed by atoms with Gasteiger partial charge in [-0.15, -0.1) is 0 Å². The topological polar surface area (TPSA) is 75.4 Å². The normalized spacial score (nSPS) is 17.1. The average molecular weight is 246 g/mol. The molecule has 0 heterocycles. The molecule has 0 aromatic carbocycles. The summed E-state index contributed by atoms with van der Waals surface area (Å²) in [6.07, 6.45) is 3.66. The van der Waals surface area contributed by atoms with E-state index in [2.05, 4.69) is 5.32 Å². The van der Waals surface area contributed by atoms with Gasteiger partial charge in [0.05, 0.1) is 0 Å². The molecule has 1 fully saturated rings. The average Bonchev–Trinajstić information content (AvgIpc) is 3.06. The van der Waals surface area contributed by atoms with Crippen LogP contribution in [0.15, 0.2) is 0 Å². The predicted molar refractivity (Wildman–Crippen MR) is 67.4 cm³/mol. The summed E-state index contributed by atoms with van der Waals surface area (Å²) in [5.74, 6) is 2.52. The number of amides is 1. The molecule has 4 nitrogen and oxygen atoms in total. The zero-order valence-corrected chi connectivity index (χ0v) is 10.5. The molecule has 0 bridgehead atoms. The molecular formula is C11H22N2O2S. The van der Waals surface area contributed by atoms with E-state index in [-0.39, 0.29) is 18.6 Å². The summed E-state index contributed by atoms with van der Waals surface area (Å²) >= 11 is 1.75. The highest BCUT2D eigenvalue weighted by molar-refractivity contribution is 7.99. The molecule has 4 N–H and O–H groups in total. The highest BCUT2D eigenvalue weighted by atomic mass is 32.2. The minimum atomic E-state index is 0.0574. The molecule has 5 heteroatoms.